The third-order valence-electron chi connectivity index (χ3n) is 2.14. The summed E-state index contributed by atoms with van der Waals surface area (Å²) in [6.07, 6.45) is 4.63. The molecule has 15 heavy (non-hydrogen) atoms. The lowest BCUT2D eigenvalue weighted by atomic mass is 10.1. The Balaban J connectivity index is 0.000000980. The van der Waals surface area contributed by atoms with Gasteiger partial charge in [0.2, 0.25) is 0 Å². The molecule has 2 N–H and O–H groups in total. The summed E-state index contributed by atoms with van der Waals surface area (Å²) in [6, 6.07) is 8.39. The Kier molecular flexibility index (Phi) is 6.25. The van der Waals surface area contributed by atoms with Crippen LogP contribution < -0.4 is 5.73 Å². The molecule has 1 aromatic carbocycles. The summed E-state index contributed by atoms with van der Waals surface area (Å²) in [7, 11) is 0. The molecule has 2 nitrogen and oxygen atoms in total. The minimum Gasteiger partial charge on any atom is -0.330 e. The summed E-state index contributed by atoms with van der Waals surface area (Å²) in [5, 5.41) is 2.42. The van der Waals surface area contributed by atoms with Gasteiger partial charge in [-0.15, -0.1) is 24.8 Å². The van der Waals surface area contributed by atoms with Crippen LogP contribution in [0, 0.1) is 0 Å². The fraction of sp³-hybridized carbons (Fsp3) is 0.182. The topological polar surface area (TPSA) is 38.9 Å². The summed E-state index contributed by atoms with van der Waals surface area (Å²) in [4.78, 5) is 4.06. The van der Waals surface area contributed by atoms with Crippen LogP contribution in [0.15, 0.2) is 36.7 Å². The van der Waals surface area contributed by atoms with Crippen molar-refractivity contribution in [1.82, 2.24) is 4.98 Å². The smallest absolute Gasteiger partial charge is 0.0346 e. The molecular weight excluding hydrogens is 231 g/mol. The number of pyridine rings is 1. The molecule has 0 spiro atoms. The second-order valence-electron chi connectivity index (χ2n) is 3.10. The van der Waals surface area contributed by atoms with Gasteiger partial charge >= 0.3 is 0 Å². The van der Waals surface area contributed by atoms with Gasteiger partial charge in [0.15, 0.2) is 0 Å². The van der Waals surface area contributed by atoms with Gasteiger partial charge in [0.05, 0.1) is 0 Å². The van der Waals surface area contributed by atoms with Crippen LogP contribution in [0.4, 0.5) is 0 Å². The summed E-state index contributed by atoms with van der Waals surface area (Å²) in [6.45, 7) is 0.705. The van der Waals surface area contributed by atoms with Gasteiger partial charge in [-0.25, -0.2) is 0 Å². The number of rotatable bonds is 2. The lowest BCUT2D eigenvalue weighted by Crippen LogP contribution is -2.02. The molecular formula is C11H14Cl2N2. The molecule has 0 amide bonds. The Labute approximate surface area is 102 Å². The molecule has 0 saturated carbocycles. The Morgan fingerprint density at radius 2 is 1.87 bits per heavy atom. The van der Waals surface area contributed by atoms with E-state index in [9.17, 15) is 0 Å². The van der Waals surface area contributed by atoms with Crippen molar-refractivity contribution in [3.05, 3.63) is 42.2 Å². The highest BCUT2D eigenvalue weighted by Gasteiger charge is 1.94. The molecule has 0 fully saturated rings. The molecule has 0 aliphatic rings. The van der Waals surface area contributed by atoms with Crippen molar-refractivity contribution in [2.75, 3.05) is 6.54 Å². The molecule has 0 aliphatic carbocycles. The van der Waals surface area contributed by atoms with Crippen LogP contribution in [-0.2, 0) is 6.42 Å². The van der Waals surface area contributed by atoms with Gasteiger partial charge < -0.3 is 5.73 Å². The number of aromatic nitrogens is 1. The van der Waals surface area contributed by atoms with Crippen molar-refractivity contribution in [1.29, 1.82) is 0 Å². The van der Waals surface area contributed by atoms with Crippen LogP contribution >= 0.6 is 24.8 Å². The predicted octanol–water partition coefficient (Wildman–Crippen LogP) is 2.58. The highest BCUT2D eigenvalue weighted by Crippen LogP contribution is 2.14. The molecule has 0 saturated heterocycles. The van der Waals surface area contributed by atoms with Crippen molar-refractivity contribution in [3.8, 4) is 0 Å². The highest BCUT2D eigenvalue weighted by molar-refractivity contribution is 5.85. The van der Waals surface area contributed by atoms with Gasteiger partial charge in [0.1, 0.15) is 0 Å². The minimum absolute atomic E-state index is 0. The van der Waals surface area contributed by atoms with Gasteiger partial charge in [-0.1, -0.05) is 18.2 Å². The van der Waals surface area contributed by atoms with E-state index in [4.69, 9.17) is 5.73 Å². The molecule has 0 aliphatic heterocycles. The van der Waals surface area contributed by atoms with Gasteiger partial charge in [-0.3, -0.25) is 4.98 Å². The van der Waals surface area contributed by atoms with Crippen molar-refractivity contribution >= 4 is 35.6 Å². The van der Waals surface area contributed by atoms with E-state index in [1.165, 1.54) is 16.3 Å². The summed E-state index contributed by atoms with van der Waals surface area (Å²) >= 11 is 0. The first-order chi connectivity index (χ1) is 6.40. The van der Waals surface area contributed by atoms with Crippen LogP contribution in [0.1, 0.15) is 5.56 Å². The lowest BCUT2D eigenvalue weighted by Gasteiger charge is -2.00. The Hall–Kier alpha value is -0.830. The molecule has 0 radical (unpaired) electrons. The minimum atomic E-state index is 0. The van der Waals surface area contributed by atoms with E-state index in [0.717, 1.165) is 6.42 Å². The number of halogens is 2. The van der Waals surface area contributed by atoms with Gasteiger partial charge in [-0.2, -0.15) is 0 Å². The normalized spacial score (nSPS) is 9.13. The first-order valence-electron chi connectivity index (χ1n) is 4.43. The first kappa shape index (κ1) is 14.2. The van der Waals surface area contributed by atoms with Gasteiger partial charge in [-0.05, 0) is 30.0 Å². The average Bonchev–Trinajstić information content (AvgIpc) is 2.18. The third-order valence-corrected chi connectivity index (χ3v) is 2.14. The molecule has 82 valence electrons. The molecule has 0 unspecified atom stereocenters. The van der Waals surface area contributed by atoms with E-state index in [0.29, 0.717) is 6.54 Å². The zero-order valence-corrected chi connectivity index (χ0v) is 9.85. The van der Waals surface area contributed by atoms with Crippen LogP contribution in [0.25, 0.3) is 10.8 Å². The maximum absolute atomic E-state index is 5.49. The van der Waals surface area contributed by atoms with E-state index in [1.807, 2.05) is 18.5 Å². The van der Waals surface area contributed by atoms with Crippen molar-refractivity contribution in [2.24, 2.45) is 5.73 Å². The van der Waals surface area contributed by atoms with E-state index in [1.54, 1.807) is 0 Å². The fourth-order valence-electron chi connectivity index (χ4n) is 1.45. The number of hydrogen-bond donors (Lipinski definition) is 1. The van der Waals surface area contributed by atoms with Gasteiger partial charge in [0, 0.05) is 17.8 Å². The summed E-state index contributed by atoms with van der Waals surface area (Å²) < 4.78 is 0. The first-order valence-corrected chi connectivity index (χ1v) is 4.43. The van der Waals surface area contributed by atoms with E-state index in [-0.39, 0.29) is 24.8 Å². The second-order valence-corrected chi connectivity index (χ2v) is 3.10. The number of fused-ring (bicyclic) bond motifs is 1. The third kappa shape index (κ3) is 3.34. The monoisotopic (exact) mass is 244 g/mol. The fourth-order valence-corrected chi connectivity index (χ4v) is 1.45. The molecule has 0 bridgehead atoms. The Morgan fingerprint density at radius 3 is 2.60 bits per heavy atom. The second kappa shape index (κ2) is 6.62. The molecule has 2 rings (SSSR count). The van der Waals surface area contributed by atoms with Crippen LogP contribution in [-0.4, -0.2) is 11.5 Å². The zero-order chi connectivity index (χ0) is 9.10. The number of nitrogens with zero attached hydrogens (tertiary/aromatic N) is 1. The number of nitrogens with two attached hydrogens (primary N) is 1. The molecule has 1 aromatic heterocycles. The zero-order valence-electron chi connectivity index (χ0n) is 8.22. The van der Waals surface area contributed by atoms with Crippen LogP contribution in [0.5, 0.6) is 0 Å². The largest absolute Gasteiger partial charge is 0.330 e. The van der Waals surface area contributed by atoms with Crippen LogP contribution in [0.2, 0.25) is 0 Å². The Bertz CT molecular complexity index is 418. The summed E-state index contributed by atoms with van der Waals surface area (Å²) in [5.41, 5.74) is 6.79. The van der Waals surface area contributed by atoms with Gasteiger partial charge in [0.25, 0.3) is 0 Å². The van der Waals surface area contributed by atoms with E-state index < -0.39 is 0 Å². The molecule has 2 aromatic rings. The van der Waals surface area contributed by atoms with Crippen molar-refractivity contribution in [2.45, 2.75) is 6.42 Å². The molecule has 4 heteroatoms. The van der Waals surface area contributed by atoms with E-state index in [2.05, 4.69) is 23.2 Å². The van der Waals surface area contributed by atoms with Crippen LogP contribution in [0.3, 0.4) is 0 Å². The Morgan fingerprint density at radius 1 is 1.07 bits per heavy atom. The average molecular weight is 245 g/mol. The van der Waals surface area contributed by atoms with Crippen molar-refractivity contribution < 1.29 is 0 Å². The highest BCUT2D eigenvalue weighted by atomic mass is 35.5. The summed E-state index contributed by atoms with van der Waals surface area (Å²) in [5.74, 6) is 0. The van der Waals surface area contributed by atoms with Crippen molar-refractivity contribution in [3.63, 3.8) is 0 Å². The molecule has 0 atom stereocenters. The predicted molar refractivity (Wildman–Crippen MR) is 69.0 cm³/mol. The standard InChI is InChI=1S/C11H12N2.2ClH/c12-5-3-9-1-2-11-8-13-6-4-10(11)7-9;;/h1-2,4,6-8H,3,5,12H2;2*1H. The maximum atomic E-state index is 5.49. The maximum Gasteiger partial charge on any atom is 0.0346 e. The lowest BCUT2D eigenvalue weighted by molar-refractivity contribution is 0.971. The number of hydrogen-bond acceptors (Lipinski definition) is 2. The van der Waals surface area contributed by atoms with E-state index >= 15 is 0 Å². The SMILES string of the molecule is Cl.Cl.NCCc1ccc2cnccc2c1. The number of benzene rings is 1. The molecule has 1 heterocycles. The quantitative estimate of drug-likeness (QED) is 0.883.